The van der Waals surface area contributed by atoms with Gasteiger partial charge >= 0.3 is 0 Å². The maximum atomic E-state index is 5.54. The molecule has 0 N–H and O–H groups in total. The Morgan fingerprint density at radius 2 is 2.24 bits per heavy atom. The third-order valence-electron chi connectivity index (χ3n) is 3.90. The lowest BCUT2D eigenvalue weighted by atomic mass is 9.99. The summed E-state index contributed by atoms with van der Waals surface area (Å²) in [7, 11) is 2.23. The van der Waals surface area contributed by atoms with Gasteiger partial charge in [0.1, 0.15) is 0 Å². The number of hydrogen-bond donors (Lipinski definition) is 0. The Labute approximate surface area is 105 Å². The number of piperazine rings is 1. The highest BCUT2D eigenvalue weighted by Crippen LogP contribution is 2.18. The average molecular weight is 238 g/mol. The van der Waals surface area contributed by atoms with E-state index >= 15 is 0 Å². The van der Waals surface area contributed by atoms with Crippen molar-refractivity contribution in [3.63, 3.8) is 0 Å². The van der Waals surface area contributed by atoms with Crippen molar-refractivity contribution in [3.8, 4) is 0 Å². The predicted molar refractivity (Wildman–Crippen MR) is 71.2 cm³/mol. The first-order chi connectivity index (χ1) is 8.16. The Bertz CT molecular complexity index is 275. The second-order valence-corrected chi connectivity index (χ2v) is 5.75. The Morgan fingerprint density at radius 1 is 1.41 bits per heavy atom. The van der Waals surface area contributed by atoms with Crippen LogP contribution in [0.1, 0.15) is 20.3 Å². The van der Waals surface area contributed by atoms with Crippen molar-refractivity contribution in [3.05, 3.63) is 11.6 Å². The lowest BCUT2D eigenvalue weighted by molar-refractivity contribution is 0.0637. The summed E-state index contributed by atoms with van der Waals surface area (Å²) in [5.41, 5.74) is 1.48. The second-order valence-electron chi connectivity index (χ2n) is 5.75. The van der Waals surface area contributed by atoms with Crippen molar-refractivity contribution in [2.24, 2.45) is 5.92 Å². The molecular weight excluding hydrogens is 212 g/mol. The second kappa shape index (κ2) is 5.98. The van der Waals surface area contributed by atoms with Crippen LogP contribution in [-0.4, -0.2) is 62.3 Å². The van der Waals surface area contributed by atoms with Gasteiger partial charge in [-0.3, -0.25) is 4.90 Å². The van der Waals surface area contributed by atoms with Gasteiger partial charge in [-0.2, -0.15) is 0 Å². The van der Waals surface area contributed by atoms with Gasteiger partial charge in [-0.25, -0.2) is 0 Å². The van der Waals surface area contributed by atoms with E-state index in [4.69, 9.17) is 4.74 Å². The van der Waals surface area contributed by atoms with E-state index in [1.54, 1.807) is 0 Å². The van der Waals surface area contributed by atoms with E-state index in [0.717, 1.165) is 32.1 Å². The molecule has 98 valence electrons. The van der Waals surface area contributed by atoms with Crippen molar-refractivity contribution in [2.75, 3.05) is 46.4 Å². The number of hydrogen-bond acceptors (Lipinski definition) is 3. The molecule has 3 heteroatoms. The molecule has 0 spiro atoms. The highest BCUT2D eigenvalue weighted by atomic mass is 16.5. The standard InChI is InChI=1S/C14H26N2O/c1-12(2)14-10-15(3)6-7-16(14)9-13-5-4-8-17-11-13/h5,12,14H,4,6-11H2,1-3H3. The van der Waals surface area contributed by atoms with Crippen LogP contribution in [-0.2, 0) is 4.74 Å². The summed E-state index contributed by atoms with van der Waals surface area (Å²) < 4.78 is 5.54. The molecule has 2 aliphatic heterocycles. The van der Waals surface area contributed by atoms with Crippen molar-refractivity contribution in [1.29, 1.82) is 0 Å². The number of rotatable bonds is 3. The molecule has 17 heavy (non-hydrogen) atoms. The highest BCUT2D eigenvalue weighted by Gasteiger charge is 2.28. The first-order valence-electron chi connectivity index (χ1n) is 6.85. The largest absolute Gasteiger partial charge is 0.377 e. The minimum absolute atomic E-state index is 0.691. The summed E-state index contributed by atoms with van der Waals surface area (Å²) in [5, 5.41) is 0. The molecule has 0 saturated carbocycles. The Kier molecular flexibility index (Phi) is 4.60. The van der Waals surface area contributed by atoms with E-state index in [1.807, 2.05) is 0 Å². The Balaban J connectivity index is 1.95. The fourth-order valence-corrected chi connectivity index (χ4v) is 2.80. The van der Waals surface area contributed by atoms with Gasteiger partial charge in [0.2, 0.25) is 0 Å². The molecule has 0 aromatic rings. The topological polar surface area (TPSA) is 15.7 Å². The summed E-state index contributed by atoms with van der Waals surface area (Å²) in [6, 6.07) is 0.691. The van der Waals surface area contributed by atoms with Crippen molar-refractivity contribution in [1.82, 2.24) is 9.80 Å². The van der Waals surface area contributed by atoms with Crippen LogP contribution in [0.5, 0.6) is 0 Å². The van der Waals surface area contributed by atoms with Gasteiger partial charge in [0, 0.05) is 32.2 Å². The third-order valence-corrected chi connectivity index (χ3v) is 3.90. The third kappa shape index (κ3) is 3.54. The van der Waals surface area contributed by atoms with E-state index in [0.29, 0.717) is 6.04 Å². The van der Waals surface area contributed by atoms with E-state index < -0.39 is 0 Å². The zero-order chi connectivity index (χ0) is 12.3. The monoisotopic (exact) mass is 238 g/mol. The van der Waals surface area contributed by atoms with Gasteiger partial charge in [0.25, 0.3) is 0 Å². The van der Waals surface area contributed by atoms with E-state index in [2.05, 4.69) is 36.8 Å². The molecule has 1 fully saturated rings. The predicted octanol–water partition coefficient (Wildman–Crippen LogP) is 1.61. The Hall–Kier alpha value is -0.380. The number of likely N-dealkylation sites (N-methyl/N-ethyl adjacent to an activating group) is 1. The lowest BCUT2D eigenvalue weighted by Gasteiger charge is -2.42. The molecule has 0 radical (unpaired) electrons. The molecule has 0 aromatic carbocycles. The summed E-state index contributed by atoms with van der Waals surface area (Å²) in [6.45, 7) is 11.1. The quantitative estimate of drug-likeness (QED) is 0.695. The van der Waals surface area contributed by atoms with Crippen LogP contribution in [0.4, 0.5) is 0 Å². The fourth-order valence-electron chi connectivity index (χ4n) is 2.80. The smallest absolute Gasteiger partial charge is 0.0689 e. The summed E-state index contributed by atoms with van der Waals surface area (Å²) in [4.78, 5) is 5.10. The van der Waals surface area contributed by atoms with Crippen LogP contribution in [0.2, 0.25) is 0 Å². The zero-order valence-corrected chi connectivity index (χ0v) is 11.5. The SMILES string of the molecule is CC(C)C1CN(C)CCN1CC1=CCCOC1. The first kappa shape index (κ1) is 13.1. The van der Waals surface area contributed by atoms with Crippen LogP contribution < -0.4 is 0 Å². The van der Waals surface area contributed by atoms with Crippen LogP contribution >= 0.6 is 0 Å². The number of nitrogens with zero attached hydrogens (tertiary/aromatic N) is 2. The van der Waals surface area contributed by atoms with Crippen LogP contribution in [0.15, 0.2) is 11.6 Å². The van der Waals surface area contributed by atoms with Crippen molar-refractivity contribution < 1.29 is 4.74 Å². The molecule has 1 saturated heterocycles. The van der Waals surface area contributed by atoms with Gasteiger partial charge in [0.05, 0.1) is 13.2 Å². The van der Waals surface area contributed by atoms with Crippen molar-refractivity contribution in [2.45, 2.75) is 26.3 Å². The molecule has 2 rings (SSSR count). The molecule has 2 aliphatic rings. The molecule has 1 atom stereocenters. The van der Waals surface area contributed by atoms with Crippen LogP contribution in [0, 0.1) is 5.92 Å². The minimum atomic E-state index is 0.691. The average Bonchev–Trinajstić information content (AvgIpc) is 2.32. The normalized spacial score (nSPS) is 28.5. The van der Waals surface area contributed by atoms with Crippen LogP contribution in [0.25, 0.3) is 0 Å². The Morgan fingerprint density at radius 3 is 2.88 bits per heavy atom. The molecule has 2 heterocycles. The fraction of sp³-hybridized carbons (Fsp3) is 0.857. The molecule has 0 aliphatic carbocycles. The maximum Gasteiger partial charge on any atom is 0.0689 e. The van der Waals surface area contributed by atoms with Gasteiger partial charge in [0.15, 0.2) is 0 Å². The van der Waals surface area contributed by atoms with Gasteiger partial charge < -0.3 is 9.64 Å². The van der Waals surface area contributed by atoms with Gasteiger partial charge in [-0.05, 0) is 25.0 Å². The van der Waals surface area contributed by atoms with Gasteiger partial charge in [-0.15, -0.1) is 0 Å². The lowest BCUT2D eigenvalue weighted by Crippen LogP contribution is -2.54. The van der Waals surface area contributed by atoms with Gasteiger partial charge in [-0.1, -0.05) is 19.9 Å². The highest BCUT2D eigenvalue weighted by molar-refractivity contribution is 5.08. The van der Waals surface area contributed by atoms with E-state index in [1.165, 1.54) is 25.2 Å². The van der Waals surface area contributed by atoms with Crippen LogP contribution in [0.3, 0.4) is 0 Å². The summed E-state index contributed by atoms with van der Waals surface area (Å²) in [6.07, 6.45) is 3.47. The molecular formula is C14H26N2O. The van der Waals surface area contributed by atoms with E-state index in [9.17, 15) is 0 Å². The summed E-state index contributed by atoms with van der Waals surface area (Å²) in [5.74, 6) is 0.725. The first-order valence-corrected chi connectivity index (χ1v) is 6.85. The number of ether oxygens (including phenoxy) is 1. The summed E-state index contributed by atoms with van der Waals surface area (Å²) >= 11 is 0. The minimum Gasteiger partial charge on any atom is -0.377 e. The van der Waals surface area contributed by atoms with Crippen molar-refractivity contribution >= 4 is 0 Å². The zero-order valence-electron chi connectivity index (χ0n) is 11.5. The molecule has 0 aromatic heterocycles. The maximum absolute atomic E-state index is 5.54. The van der Waals surface area contributed by atoms with E-state index in [-0.39, 0.29) is 0 Å². The molecule has 0 bridgehead atoms. The molecule has 0 amide bonds. The molecule has 3 nitrogen and oxygen atoms in total. The molecule has 1 unspecified atom stereocenters.